The third-order valence-electron chi connectivity index (χ3n) is 6.88. The van der Waals surface area contributed by atoms with E-state index < -0.39 is 23.7 Å². The molecule has 4 heterocycles. The molecule has 1 atom stereocenters. The molecule has 2 fully saturated rings. The van der Waals surface area contributed by atoms with Gasteiger partial charge in [-0.1, -0.05) is 18.2 Å². The summed E-state index contributed by atoms with van der Waals surface area (Å²) >= 11 is 0. The number of ketones is 1. The standard InChI is InChI=1S/C27H28N4O6/c1-17-22(30-10-4-3-5-20(30)28-17)24(32)21-23(18-6-8-19(9-7-18)27(35)36-2)31(26(34)25(21)33)12-11-29-13-15-37-16-14-29/h3-10,23,32H,11-16H2,1-2H3/t23-/m0/s1. The van der Waals surface area contributed by atoms with Gasteiger partial charge in [0.15, 0.2) is 5.76 Å². The van der Waals surface area contributed by atoms with Gasteiger partial charge in [-0.2, -0.15) is 0 Å². The summed E-state index contributed by atoms with van der Waals surface area (Å²) in [6, 6.07) is 11.1. The topological polar surface area (TPSA) is 114 Å². The van der Waals surface area contributed by atoms with Crippen LogP contribution in [0, 0.1) is 6.92 Å². The number of nitrogens with zero attached hydrogens (tertiary/aromatic N) is 4. The Morgan fingerprint density at radius 3 is 2.54 bits per heavy atom. The summed E-state index contributed by atoms with van der Waals surface area (Å²) in [5.41, 5.74) is 2.44. The molecule has 1 amide bonds. The van der Waals surface area contributed by atoms with Crippen molar-refractivity contribution in [3.05, 3.63) is 76.7 Å². The van der Waals surface area contributed by atoms with Crippen LogP contribution in [0.15, 0.2) is 54.2 Å². The number of aliphatic hydroxyl groups excluding tert-OH is 1. The summed E-state index contributed by atoms with van der Waals surface area (Å²) in [5, 5.41) is 11.5. The molecule has 2 aliphatic rings. The minimum Gasteiger partial charge on any atom is -0.505 e. The maximum Gasteiger partial charge on any atom is 0.337 e. The lowest BCUT2D eigenvalue weighted by Gasteiger charge is -2.31. The van der Waals surface area contributed by atoms with Crippen molar-refractivity contribution in [2.24, 2.45) is 0 Å². The van der Waals surface area contributed by atoms with Gasteiger partial charge in [0.1, 0.15) is 11.3 Å². The third kappa shape index (κ3) is 4.49. The second-order valence-corrected chi connectivity index (χ2v) is 9.03. The highest BCUT2D eigenvalue weighted by Crippen LogP contribution is 2.40. The van der Waals surface area contributed by atoms with Crippen LogP contribution in [0.4, 0.5) is 0 Å². The molecular formula is C27H28N4O6. The summed E-state index contributed by atoms with van der Waals surface area (Å²) < 4.78 is 11.9. The van der Waals surface area contributed by atoms with E-state index >= 15 is 0 Å². The molecule has 2 aliphatic heterocycles. The number of imidazole rings is 1. The number of rotatable bonds is 6. The number of aliphatic hydroxyl groups is 1. The number of morpholine rings is 1. The number of aryl methyl sites for hydroxylation is 1. The summed E-state index contributed by atoms with van der Waals surface area (Å²) in [6.07, 6.45) is 1.75. The van der Waals surface area contributed by atoms with Gasteiger partial charge in [0.05, 0.1) is 43.2 Å². The van der Waals surface area contributed by atoms with Crippen LogP contribution in [-0.4, -0.2) is 88.5 Å². The molecule has 1 N–H and O–H groups in total. The van der Waals surface area contributed by atoms with Crippen molar-refractivity contribution in [1.82, 2.24) is 19.2 Å². The number of carbonyl (C=O) groups is 3. The van der Waals surface area contributed by atoms with E-state index in [1.807, 2.05) is 6.07 Å². The number of hydrogen-bond donors (Lipinski definition) is 1. The molecule has 5 rings (SSSR count). The van der Waals surface area contributed by atoms with Crippen molar-refractivity contribution in [3.63, 3.8) is 0 Å². The van der Waals surface area contributed by atoms with Crippen molar-refractivity contribution in [1.29, 1.82) is 0 Å². The van der Waals surface area contributed by atoms with Crippen LogP contribution < -0.4 is 0 Å². The highest BCUT2D eigenvalue weighted by Gasteiger charge is 2.46. The van der Waals surface area contributed by atoms with Crippen LogP contribution in [0.5, 0.6) is 0 Å². The van der Waals surface area contributed by atoms with Gasteiger partial charge in [-0.05, 0) is 36.8 Å². The number of likely N-dealkylation sites (tertiary alicyclic amines) is 1. The number of Topliss-reactive ketones (excluding diaryl/α,β-unsaturated/α-hetero) is 1. The van der Waals surface area contributed by atoms with Crippen LogP contribution in [0.3, 0.4) is 0 Å². The predicted octanol–water partition coefficient (Wildman–Crippen LogP) is 2.18. The molecule has 2 aromatic heterocycles. The molecule has 0 saturated carbocycles. The Morgan fingerprint density at radius 1 is 1.11 bits per heavy atom. The van der Waals surface area contributed by atoms with Crippen molar-refractivity contribution in [2.75, 3.05) is 46.5 Å². The summed E-state index contributed by atoms with van der Waals surface area (Å²) in [4.78, 5) is 46.8. The number of hydrogen-bond acceptors (Lipinski definition) is 8. The lowest BCUT2D eigenvalue weighted by molar-refractivity contribution is -0.140. The Balaban J connectivity index is 1.60. The smallest absolute Gasteiger partial charge is 0.337 e. The Kier molecular flexibility index (Phi) is 6.77. The normalized spacial score (nSPS) is 20.1. The second-order valence-electron chi connectivity index (χ2n) is 9.03. The fourth-order valence-corrected chi connectivity index (χ4v) is 4.98. The fourth-order valence-electron chi connectivity index (χ4n) is 4.98. The van der Waals surface area contributed by atoms with E-state index in [1.54, 1.807) is 53.9 Å². The number of amides is 1. The molecule has 10 nitrogen and oxygen atoms in total. The van der Waals surface area contributed by atoms with Crippen LogP contribution in [0.1, 0.15) is 33.4 Å². The average Bonchev–Trinajstić information content (AvgIpc) is 3.39. The van der Waals surface area contributed by atoms with Gasteiger partial charge in [0.2, 0.25) is 0 Å². The van der Waals surface area contributed by atoms with Crippen molar-refractivity contribution >= 4 is 29.1 Å². The fraction of sp³-hybridized carbons (Fsp3) is 0.333. The zero-order chi connectivity index (χ0) is 26.1. The molecule has 37 heavy (non-hydrogen) atoms. The quantitative estimate of drug-likeness (QED) is 0.235. The van der Waals surface area contributed by atoms with Crippen molar-refractivity contribution in [3.8, 4) is 0 Å². The number of methoxy groups -OCH3 is 1. The summed E-state index contributed by atoms with van der Waals surface area (Å²) in [7, 11) is 1.30. The minimum absolute atomic E-state index is 0.00783. The lowest BCUT2D eigenvalue weighted by Crippen LogP contribution is -2.42. The molecule has 10 heteroatoms. The second kappa shape index (κ2) is 10.2. The van der Waals surface area contributed by atoms with Crippen LogP contribution in [-0.2, 0) is 19.1 Å². The number of esters is 1. The third-order valence-corrected chi connectivity index (χ3v) is 6.88. The Labute approximate surface area is 213 Å². The van der Waals surface area contributed by atoms with Gasteiger partial charge in [-0.3, -0.25) is 18.9 Å². The van der Waals surface area contributed by atoms with E-state index in [-0.39, 0.29) is 17.9 Å². The summed E-state index contributed by atoms with van der Waals surface area (Å²) in [5.74, 6) is -2.21. The van der Waals surface area contributed by atoms with Gasteiger partial charge in [0, 0.05) is 32.4 Å². The number of ether oxygens (including phenoxy) is 2. The molecule has 2 saturated heterocycles. The predicted molar refractivity (Wildman–Crippen MR) is 134 cm³/mol. The van der Waals surface area contributed by atoms with Crippen molar-refractivity contribution < 1.29 is 29.0 Å². The summed E-state index contributed by atoms with van der Waals surface area (Å²) in [6.45, 7) is 5.30. The molecule has 192 valence electrons. The van der Waals surface area contributed by atoms with Gasteiger partial charge < -0.3 is 19.5 Å². The van der Waals surface area contributed by atoms with E-state index in [9.17, 15) is 19.5 Å². The van der Waals surface area contributed by atoms with Gasteiger partial charge >= 0.3 is 5.97 Å². The molecule has 1 aromatic carbocycles. The van der Waals surface area contributed by atoms with E-state index in [1.165, 1.54) is 12.0 Å². The molecule has 3 aromatic rings. The number of fused-ring (bicyclic) bond motifs is 1. The monoisotopic (exact) mass is 504 g/mol. The van der Waals surface area contributed by atoms with Crippen LogP contribution >= 0.6 is 0 Å². The van der Waals surface area contributed by atoms with Gasteiger partial charge in [0.25, 0.3) is 11.7 Å². The first-order chi connectivity index (χ1) is 17.9. The molecule has 0 radical (unpaired) electrons. The maximum atomic E-state index is 13.4. The first-order valence-electron chi connectivity index (χ1n) is 12.1. The largest absolute Gasteiger partial charge is 0.505 e. The number of carbonyl (C=O) groups excluding carboxylic acids is 3. The van der Waals surface area contributed by atoms with Gasteiger partial charge in [-0.15, -0.1) is 0 Å². The average molecular weight is 505 g/mol. The highest BCUT2D eigenvalue weighted by molar-refractivity contribution is 6.46. The zero-order valence-electron chi connectivity index (χ0n) is 20.7. The van der Waals surface area contributed by atoms with E-state index in [4.69, 9.17) is 9.47 Å². The maximum absolute atomic E-state index is 13.4. The molecule has 0 unspecified atom stereocenters. The van der Waals surface area contributed by atoms with Gasteiger partial charge in [-0.25, -0.2) is 9.78 Å². The van der Waals surface area contributed by atoms with Crippen LogP contribution in [0.25, 0.3) is 11.4 Å². The molecular weight excluding hydrogens is 476 g/mol. The minimum atomic E-state index is -0.832. The Bertz CT molecular complexity index is 1390. The molecule has 0 bridgehead atoms. The lowest BCUT2D eigenvalue weighted by atomic mass is 9.95. The van der Waals surface area contributed by atoms with E-state index in [0.29, 0.717) is 47.9 Å². The number of pyridine rings is 1. The first kappa shape index (κ1) is 24.7. The van der Waals surface area contributed by atoms with Crippen molar-refractivity contribution in [2.45, 2.75) is 13.0 Å². The SMILES string of the molecule is COC(=O)c1ccc([C@H]2C(=C(O)c3c(C)nc4ccccn34)C(=O)C(=O)N2CCN2CCOCC2)cc1. The Morgan fingerprint density at radius 2 is 1.84 bits per heavy atom. The number of aromatic nitrogens is 2. The van der Waals surface area contributed by atoms with Crippen LogP contribution in [0.2, 0.25) is 0 Å². The Hall–Kier alpha value is -4.02. The number of benzene rings is 1. The first-order valence-corrected chi connectivity index (χ1v) is 12.1. The highest BCUT2D eigenvalue weighted by atomic mass is 16.5. The van der Waals surface area contributed by atoms with E-state index in [0.717, 1.165) is 13.1 Å². The molecule has 0 spiro atoms. The van der Waals surface area contributed by atoms with E-state index in [2.05, 4.69) is 9.88 Å². The zero-order valence-corrected chi connectivity index (χ0v) is 20.7. The molecule has 0 aliphatic carbocycles.